The summed E-state index contributed by atoms with van der Waals surface area (Å²) < 4.78 is 5.77. The molecule has 0 bridgehead atoms. The van der Waals surface area contributed by atoms with Gasteiger partial charge in [-0.3, -0.25) is 9.78 Å². The maximum absolute atomic E-state index is 11.4. The number of rotatable bonds is 8. The van der Waals surface area contributed by atoms with Crippen molar-refractivity contribution >= 4 is 12.2 Å². The van der Waals surface area contributed by atoms with Crippen LogP contribution in [0.2, 0.25) is 0 Å². The molecule has 0 aliphatic carbocycles. The van der Waals surface area contributed by atoms with Gasteiger partial charge >= 0.3 is 0 Å². The SMILES string of the molecule is Cc1cc(=O)[nH]c(N/N=C\c2ccc(OCCCc3ccccc3)cc2)n1. The highest BCUT2D eigenvalue weighted by Gasteiger charge is 1.97. The van der Waals surface area contributed by atoms with E-state index in [2.05, 4.69) is 44.8 Å². The van der Waals surface area contributed by atoms with Crippen molar-refractivity contribution in [2.45, 2.75) is 19.8 Å². The molecule has 138 valence electrons. The first kappa shape index (κ1) is 18.4. The lowest BCUT2D eigenvalue weighted by molar-refractivity contribution is 0.311. The first-order chi connectivity index (χ1) is 13.2. The molecule has 0 radical (unpaired) electrons. The van der Waals surface area contributed by atoms with Crippen molar-refractivity contribution in [1.82, 2.24) is 9.97 Å². The van der Waals surface area contributed by atoms with Crippen molar-refractivity contribution in [3.63, 3.8) is 0 Å². The molecule has 3 rings (SSSR count). The molecule has 0 aliphatic heterocycles. The zero-order valence-corrected chi connectivity index (χ0v) is 15.2. The molecule has 6 nitrogen and oxygen atoms in total. The number of aromatic nitrogens is 2. The lowest BCUT2D eigenvalue weighted by Gasteiger charge is -2.06. The average Bonchev–Trinajstić information content (AvgIpc) is 2.66. The number of nitrogens with zero attached hydrogens (tertiary/aromatic N) is 2. The molecule has 1 heterocycles. The molecule has 2 aromatic carbocycles. The van der Waals surface area contributed by atoms with E-state index in [4.69, 9.17) is 4.74 Å². The predicted octanol–water partition coefficient (Wildman–Crippen LogP) is 3.54. The fourth-order valence-electron chi connectivity index (χ4n) is 2.56. The van der Waals surface area contributed by atoms with Gasteiger partial charge in [0.05, 0.1) is 12.8 Å². The van der Waals surface area contributed by atoms with E-state index in [0.717, 1.165) is 24.2 Å². The minimum Gasteiger partial charge on any atom is -0.494 e. The molecule has 0 saturated heterocycles. The van der Waals surface area contributed by atoms with E-state index in [1.165, 1.54) is 11.6 Å². The third-order valence-electron chi connectivity index (χ3n) is 3.86. The fraction of sp³-hybridized carbons (Fsp3) is 0.190. The monoisotopic (exact) mass is 362 g/mol. The molecule has 0 spiro atoms. The van der Waals surface area contributed by atoms with Crippen molar-refractivity contribution in [2.75, 3.05) is 12.0 Å². The van der Waals surface area contributed by atoms with Gasteiger partial charge in [-0.1, -0.05) is 30.3 Å². The molecular weight excluding hydrogens is 340 g/mol. The van der Waals surface area contributed by atoms with Gasteiger partial charge in [0.1, 0.15) is 5.75 Å². The number of anilines is 1. The fourth-order valence-corrected chi connectivity index (χ4v) is 2.56. The highest BCUT2D eigenvalue weighted by molar-refractivity contribution is 5.80. The van der Waals surface area contributed by atoms with Crippen LogP contribution in [0, 0.1) is 6.92 Å². The molecule has 0 saturated carbocycles. The number of H-pyrrole nitrogens is 1. The van der Waals surface area contributed by atoms with Crippen molar-refractivity contribution in [1.29, 1.82) is 0 Å². The van der Waals surface area contributed by atoms with Gasteiger partial charge in [-0.25, -0.2) is 10.4 Å². The second kappa shape index (κ2) is 9.33. The van der Waals surface area contributed by atoms with Crippen molar-refractivity contribution in [3.05, 3.63) is 87.8 Å². The zero-order chi connectivity index (χ0) is 18.9. The molecule has 0 atom stereocenters. The Labute approximate surface area is 157 Å². The molecule has 0 amide bonds. The van der Waals surface area contributed by atoms with Crippen LogP contribution in [-0.2, 0) is 6.42 Å². The molecule has 1 aromatic heterocycles. The summed E-state index contributed by atoms with van der Waals surface area (Å²) in [4.78, 5) is 18.1. The first-order valence-corrected chi connectivity index (χ1v) is 8.83. The smallest absolute Gasteiger partial charge is 0.252 e. The molecule has 2 N–H and O–H groups in total. The summed E-state index contributed by atoms with van der Waals surface area (Å²) in [6, 6.07) is 19.5. The third-order valence-corrected chi connectivity index (χ3v) is 3.86. The highest BCUT2D eigenvalue weighted by Crippen LogP contribution is 2.12. The number of nitrogens with one attached hydrogen (secondary N) is 2. The van der Waals surface area contributed by atoms with E-state index in [-0.39, 0.29) is 5.56 Å². The number of aromatic amines is 1. The van der Waals surface area contributed by atoms with Crippen LogP contribution in [-0.4, -0.2) is 22.8 Å². The lowest BCUT2D eigenvalue weighted by atomic mass is 10.1. The van der Waals surface area contributed by atoms with Crippen LogP contribution in [0.25, 0.3) is 0 Å². The van der Waals surface area contributed by atoms with Gasteiger partial charge in [0, 0.05) is 11.8 Å². The second-order valence-electron chi connectivity index (χ2n) is 6.11. The van der Waals surface area contributed by atoms with Gasteiger partial charge in [-0.2, -0.15) is 5.10 Å². The maximum Gasteiger partial charge on any atom is 0.252 e. The summed E-state index contributed by atoms with van der Waals surface area (Å²) in [7, 11) is 0. The van der Waals surface area contributed by atoms with Crippen LogP contribution in [0.1, 0.15) is 23.2 Å². The number of benzene rings is 2. The molecule has 0 fully saturated rings. The van der Waals surface area contributed by atoms with Crippen LogP contribution >= 0.6 is 0 Å². The standard InChI is InChI=1S/C21H22N4O2/c1-16-14-20(26)24-21(23-16)25-22-15-18-9-11-19(12-10-18)27-13-5-8-17-6-3-2-4-7-17/h2-4,6-7,9-12,14-15H,5,8,13H2,1H3,(H2,23,24,25,26)/b22-15-. The Morgan fingerprint density at radius 2 is 1.93 bits per heavy atom. The molecular formula is C21H22N4O2. The van der Waals surface area contributed by atoms with E-state index >= 15 is 0 Å². The van der Waals surface area contributed by atoms with Crippen LogP contribution in [0.15, 0.2) is 70.6 Å². The van der Waals surface area contributed by atoms with Crippen LogP contribution in [0.3, 0.4) is 0 Å². The van der Waals surface area contributed by atoms with E-state index in [9.17, 15) is 4.79 Å². The van der Waals surface area contributed by atoms with Crippen molar-refractivity contribution in [3.8, 4) is 5.75 Å². The largest absolute Gasteiger partial charge is 0.494 e. The second-order valence-corrected chi connectivity index (χ2v) is 6.11. The highest BCUT2D eigenvalue weighted by atomic mass is 16.5. The number of hydrazone groups is 1. The summed E-state index contributed by atoms with van der Waals surface area (Å²) in [5, 5.41) is 4.08. The Kier molecular flexibility index (Phi) is 6.35. The van der Waals surface area contributed by atoms with Gasteiger partial charge in [0.2, 0.25) is 5.95 Å². The number of ether oxygens (including phenoxy) is 1. The third kappa shape index (κ3) is 6.11. The molecule has 3 aromatic rings. The quantitative estimate of drug-likeness (QED) is 0.365. The Balaban J connectivity index is 1.44. The van der Waals surface area contributed by atoms with Crippen LogP contribution in [0.4, 0.5) is 5.95 Å². The van der Waals surface area contributed by atoms with E-state index < -0.39 is 0 Å². The van der Waals surface area contributed by atoms with E-state index in [1.54, 1.807) is 13.1 Å². The van der Waals surface area contributed by atoms with Gasteiger partial charge in [0.25, 0.3) is 5.56 Å². The van der Waals surface area contributed by atoms with E-state index in [0.29, 0.717) is 18.2 Å². The lowest BCUT2D eigenvalue weighted by Crippen LogP contribution is -2.10. The average molecular weight is 362 g/mol. The summed E-state index contributed by atoms with van der Waals surface area (Å²) >= 11 is 0. The summed E-state index contributed by atoms with van der Waals surface area (Å²) in [5.41, 5.74) is 5.37. The summed E-state index contributed by atoms with van der Waals surface area (Å²) in [6.45, 7) is 2.43. The number of hydrogen-bond donors (Lipinski definition) is 2. The molecule has 6 heteroatoms. The molecule has 0 unspecified atom stereocenters. The van der Waals surface area contributed by atoms with Crippen LogP contribution in [0.5, 0.6) is 5.75 Å². The van der Waals surface area contributed by atoms with Gasteiger partial charge in [-0.05, 0) is 55.2 Å². The van der Waals surface area contributed by atoms with Gasteiger partial charge in [-0.15, -0.1) is 0 Å². The minimum atomic E-state index is -0.214. The van der Waals surface area contributed by atoms with E-state index in [1.807, 2.05) is 30.3 Å². The maximum atomic E-state index is 11.4. The summed E-state index contributed by atoms with van der Waals surface area (Å²) in [6.07, 6.45) is 3.63. The Morgan fingerprint density at radius 3 is 2.67 bits per heavy atom. The minimum absolute atomic E-state index is 0.214. The zero-order valence-electron chi connectivity index (χ0n) is 15.2. The van der Waals surface area contributed by atoms with Crippen LogP contribution < -0.4 is 15.7 Å². The number of aryl methyl sites for hydroxylation is 2. The Morgan fingerprint density at radius 1 is 1.15 bits per heavy atom. The first-order valence-electron chi connectivity index (χ1n) is 8.83. The van der Waals surface area contributed by atoms with Crippen molar-refractivity contribution < 1.29 is 4.74 Å². The summed E-state index contributed by atoms with van der Waals surface area (Å²) in [5.74, 6) is 1.15. The van der Waals surface area contributed by atoms with Gasteiger partial charge < -0.3 is 4.74 Å². The topological polar surface area (TPSA) is 79.4 Å². The number of hydrogen-bond acceptors (Lipinski definition) is 5. The molecule has 27 heavy (non-hydrogen) atoms. The molecule has 0 aliphatic rings. The van der Waals surface area contributed by atoms with Gasteiger partial charge in [0.15, 0.2) is 0 Å². The predicted molar refractivity (Wildman–Crippen MR) is 108 cm³/mol. The van der Waals surface area contributed by atoms with Crippen molar-refractivity contribution in [2.24, 2.45) is 5.10 Å². The Hall–Kier alpha value is -3.41. The Bertz CT molecular complexity index is 934. The normalized spacial score (nSPS) is 10.9.